The van der Waals surface area contributed by atoms with Gasteiger partial charge in [0.2, 0.25) is 0 Å². The number of hydrogen-bond acceptors (Lipinski definition) is 2. The SMILES string of the molecule is Clc1ccc2c(c1)C(c1ccccc1Cl)=NCc1n[nH]cc1-2. The number of benzene rings is 2. The van der Waals surface area contributed by atoms with E-state index in [2.05, 4.69) is 10.2 Å². The lowest BCUT2D eigenvalue weighted by molar-refractivity contribution is 0.951. The van der Waals surface area contributed by atoms with Crippen LogP contribution in [0.5, 0.6) is 0 Å². The quantitative estimate of drug-likeness (QED) is 0.689. The number of nitrogens with one attached hydrogen (secondary N) is 1. The first-order valence-corrected chi connectivity index (χ1v) is 7.62. The van der Waals surface area contributed by atoms with E-state index in [1.807, 2.05) is 48.7 Å². The fourth-order valence-electron chi connectivity index (χ4n) is 2.74. The molecule has 4 rings (SSSR count). The smallest absolute Gasteiger partial charge is 0.0915 e. The lowest BCUT2D eigenvalue weighted by Crippen LogP contribution is -2.05. The fraction of sp³-hybridized carbons (Fsp3) is 0.0588. The molecule has 1 N–H and O–H groups in total. The summed E-state index contributed by atoms with van der Waals surface area (Å²) in [5, 5.41) is 8.55. The molecular formula is C17H11Cl2N3. The third-order valence-electron chi connectivity index (χ3n) is 3.76. The molecule has 0 saturated carbocycles. The number of H-pyrrole nitrogens is 1. The molecule has 0 saturated heterocycles. The van der Waals surface area contributed by atoms with E-state index < -0.39 is 0 Å². The summed E-state index contributed by atoms with van der Waals surface area (Å²) in [5.74, 6) is 0. The van der Waals surface area contributed by atoms with Crippen molar-refractivity contribution < 1.29 is 0 Å². The first-order valence-electron chi connectivity index (χ1n) is 6.86. The fourth-order valence-corrected chi connectivity index (χ4v) is 3.14. The van der Waals surface area contributed by atoms with Crippen LogP contribution in [0.15, 0.2) is 53.7 Å². The van der Waals surface area contributed by atoms with Crippen LogP contribution < -0.4 is 0 Å². The molecule has 0 radical (unpaired) electrons. The maximum Gasteiger partial charge on any atom is 0.0915 e. The predicted molar refractivity (Wildman–Crippen MR) is 89.8 cm³/mol. The molecule has 1 aliphatic heterocycles. The summed E-state index contributed by atoms with van der Waals surface area (Å²) >= 11 is 12.6. The largest absolute Gasteiger partial charge is 0.285 e. The minimum absolute atomic E-state index is 0.506. The molecule has 108 valence electrons. The topological polar surface area (TPSA) is 41.0 Å². The van der Waals surface area contributed by atoms with E-state index in [-0.39, 0.29) is 0 Å². The molecule has 0 unspecified atom stereocenters. The van der Waals surface area contributed by atoms with Crippen molar-refractivity contribution in [1.29, 1.82) is 0 Å². The normalized spacial score (nSPS) is 13.1. The number of rotatable bonds is 1. The van der Waals surface area contributed by atoms with Gasteiger partial charge in [0, 0.05) is 32.9 Å². The molecule has 2 heterocycles. The van der Waals surface area contributed by atoms with Crippen molar-refractivity contribution in [3.05, 3.63) is 75.5 Å². The molecular weight excluding hydrogens is 317 g/mol. The minimum atomic E-state index is 0.506. The van der Waals surface area contributed by atoms with Crippen molar-refractivity contribution in [2.24, 2.45) is 4.99 Å². The van der Waals surface area contributed by atoms with Gasteiger partial charge in [-0.3, -0.25) is 10.1 Å². The third kappa shape index (κ3) is 2.14. The van der Waals surface area contributed by atoms with Gasteiger partial charge < -0.3 is 0 Å². The summed E-state index contributed by atoms with van der Waals surface area (Å²) in [6.45, 7) is 0.506. The Morgan fingerprint density at radius 2 is 1.77 bits per heavy atom. The van der Waals surface area contributed by atoms with E-state index in [1.165, 1.54) is 0 Å². The average molecular weight is 328 g/mol. The van der Waals surface area contributed by atoms with Crippen molar-refractivity contribution in [1.82, 2.24) is 10.2 Å². The van der Waals surface area contributed by atoms with Crippen molar-refractivity contribution in [2.75, 3.05) is 0 Å². The summed E-state index contributed by atoms with van der Waals surface area (Å²) in [7, 11) is 0. The van der Waals surface area contributed by atoms with E-state index in [1.54, 1.807) is 0 Å². The standard InChI is InChI=1S/C17H11Cl2N3/c18-10-5-6-11-13(7-10)17(12-3-1-2-4-15(12)19)20-9-16-14(11)8-21-22-16/h1-8H,9H2,(H,21,22). The Morgan fingerprint density at radius 3 is 2.64 bits per heavy atom. The van der Waals surface area contributed by atoms with Gasteiger partial charge >= 0.3 is 0 Å². The molecule has 5 heteroatoms. The Balaban J connectivity index is 2.01. The number of halogens is 2. The summed E-state index contributed by atoms with van der Waals surface area (Å²) in [6.07, 6.45) is 1.90. The second-order valence-corrected chi connectivity index (χ2v) is 5.92. The summed E-state index contributed by atoms with van der Waals surface area (Å²) in [5.41, 5.74) is 5.76. The van der Waals surface area contributed by atoms with Crippen molar-refractivity contribution in [3.63, 3.8) is 0 Å². The zero-order valence-electron chi connectivity index (χ0n) is 11.5. The highest BCUT2D eigenvalue weighted by Crippen LogP contribution is 2.34. The van der Waals surface area contributed by atoms with Gasteiger partial charge in [0.1, 0.15) is 0 Å². The summed E-state index contributed by atoms with van der Waals surface area (Å²) < 4.78 is 0. The highest BCUT2D eigenvalue weighted by Gasteiger charge is 2.21. The van der Waals surface area contributed by atoms with Crippen LogP contribution in [0.2, 0.25) is 10.0 Å². The predicted octanol–water partition coefficient (Wildman–Crippen LogP) is 4.73. The first kappa shape index (κ1) is 13.6. The van der Waals surface area contributed by atoms with Crippen LogP contribution in [0.4, 0.5) is 0 Å². The van der Waals surface area contributed by atoms with Gasteiger partial charge in [0.05, 0.1) is 18.0 Å². The zero-order valence-corrected chi connectivity index (χ0v) is 13.0. The Morgan fingerprint density at radius 1 is 0.909 bits per heavy atom. The highest BCUT2D eigenvalue weighted by atomic mass is 35.5. The van der Waals surface area contributed by atoms with Crippen LogP contribution in [0.1, 0.15) is 16.8 Å². The molecule has 0 amide bonds. The molecule has 1 aliphatic rings. The molecule has 3 aromatic rings. The molecule has 0 fully saturated rings. The average Bonchev–Trinajstić information content (AvgIpc) is 2.92. The van der Waals surface area contributed by atoms with Crippen LogP contribution in [-0.4, -0.2) is 15.9 Å². The van der Waals surface area contributed by atoms with Gasteiger partial charge in [0.25, 0.3) is 0 Å². The highest BCUT2D eigenvalue weighted by molar-refractivity contribution is 6.36. The Kier molecular flexibility index (Phi) is 3.25. The van der Waals surface area contributed by atoms with Crippen molar-refractivity contribution >= 4 is 28.9 Å². The minimum Gasteiger partial charge on any atom is -0.285 e. The molecule has 0 aliphatic carbocycles. The number of hydrogen-bond donors (Lipinski definition) is 1. The molecule has 1 aromatic heterocycles. The Labute approximate surface area is 137 Å². The number of aromatic nitrogens is 2. The van der Waals surface area contributed by atoms with Crippen LogP contribution in [0.25, 0.3) is 11.1 Å². The number of aliphatic imine (C=N–C) groups is 1. The first-order chi connectivity index (χ1) is 10.7. The van der Waals surface area contributed by atoms with Gasteiger partial charge in [-0.25, -0.2) is 0 Å². The van der Waals surface area contributed by atoms with Crippen LogP contribution in [-0.2, 0) is 6.54 Å². The van der Waals surface area contributed by atoms with Gasteiger partial charge in [-0.05, 0) is 23.8 Å². The summed E-state index contributed by atoms with van der Waals surface area (Å²) in [6, 6.07) is 13.5. The van der Waals surface area contributed by atoms with Gasteiger partial charge in [-0.15, -0.1) is 0 Å². The van der Waals surface area contributed by atoms with Crippen LogP contribution in [0.3, 0.4) is 0 Å². The number of aromatic amines is 1. The lowest BCUT2D eigenvalue weighted by atomic mass is 9.94. The van der Waals surface area contributed by atoms with E-state index in [0.717, 1.165) is 33.7 Å². The molecule has 3 nitrogen and oxygen atoms in total. The molecule has 22 heavy (non-hydrogen) atoms. The summed E-state index contributed by atoms with van der Waals surface area (Å²) in [4.78, 5) is 4.74. The molecule has 0 spiro atoms. The third-order valence-corrected chi connectivity index (χ3v) is 4.33. The second-order valence-electron chi connectivity index (χ2n) is 5.08. The zero-order chi connectivity index (χ0) is 15.1. The van der Waals surface area contributed by atoms with Crippen LogP contribution in [0, 0.1) is 0 Å². The monoisotopic (exact) mass is 327 g/mol. The number of fused-ring (bicyclic) bond motifs is 3. The van der Waals surface area contributed by atoms with E-state index >= 15 is 0 Å². The van der Waals surface area contributed by atoms with Gasteiger partial charge in [-0.2, -0.15) is 5.10 Å². The van der Waals surface area contributed by atoms with E-state index in [4.69, 9.17) is 28.2 Å². The van der Waals surface area contributed by atoms with Gasteiger partial charge in [-0.1, -0.05) is 47.5 Å². The maximum absolute atomic E-state index is 6.37. The van der Waals surface area contributed by atoms with Gasteiger partial charge in [0.15, 0.2) is 0 Å². The molecule has 0 bridgehead atoms. The van der Waals surface area contributed by atoms with Crippen LogP contribution >= 0.6 is 23.2 Å². The van der Waals surface area contributed by atoms with E-state index in [9.17, 15) is 0 Å². The molecule has 0 atom stereocenters. The van der Waals surface area contributed by atoms with E-state index in [0.29, 0.717) is 16.6 Å². The number of nitrogens with zero attached hydrogens (tertiary/aromatic N) is 2. The molecule has 2 aromatic carbocycles. The Hall–Kier alpha value is -2.10. The maximum atomic E-state index is 6.37. The second kappa shape index (κ2) is 5.27. The Bertz CT molecular complexity index is 896. The van der Waals surface area contributed by atoms with Crippen molar-refractivity contribution in [2.45, 2.75) is 6.54 Å². The lowest BCUT2D eigenvalue weighted by Gasteiger charge is -2.12. The van der Waals surface area contributed by atoms with Crippen molar-refractivity contribution in [3.8, 4) is 11.1 Å².